The molecule has 0 bridgehead atoms. The SMILES string of the molecule is Cn1cnnc1C[C@@H](Cc1cccc(N2Cc3c(cc(CNC4(C)CCC4)cc3C(F)(F)F)C2=O)c1)OCC#N. The Morgan fingerprint density at radius 2 is 2.00 bits per heavy atom. The molecule has 2 aliphatic rings. The van der Waals surface area contributed by atoms with Crippen molar-refractivity contribution in [3.63, 3.8) is 0 Å². The largest absolute Gasteiger partial charge is 0.416 e. The van der Waals surface area contributed by atoms with E-state index in [0.717, 1.165) is 24.8 Å². The van der Waals surface area contributed by atoms with E-state index in [2.05, 4.69) is 22.4 Å². The molecule has 11 heteroatoms. The van der Waals surface area contributed by atoms with Gasteiger partial charge < -0.3 is 19.5 Å². The van der Waals surface area contributed by atoms with Crippen LogP contribution in [0.25, 0.3) is 0 Å². The number of hydrogen-bond donors (Lipinski definition) is 1. The van der Waals surface area contributed by atoms with Crippen molar-refractivity contribution >= 4 is 11.6 Å². The van der Waals surface area contributed by atoms with Crippen LogP contribution >= 0.6 is 0 Å². The molecular formula is C29H31F3N6O2. The highest BCUT2D eigenvalue weighted by atomic mass is 19.4. The molecule has 1 aliphatic heterocycles. The summed E-state index contributed by atoms with van der Waals surface area (Å²) in [6.07, 6.45) is 0.513. The molecule has 40 heavy (non-hydrogen) atoms. The maximum Gasteiger partial charge on any atom is 0.416 e. The first-order chi connectivity index (χ1) is 19.1. The Kier molecular flexibility index (Phi) is 7.66. The fourth-order valence-corrected chi connectivity index (χ4v) is 5.39. The van der Waals surface area contributed by atoms with E-state index in [9.17, 15) is 18.0 Å². The van der Waals surface area contributed by atoms with Gasteiger partial charge in [0.1, 0.15) is 18.8 Å². The molecule has 1 amide bonds. The summed E-state index contributed by atoms with van der Waals surface area (Å²) >= 11 is 0. The normalized spacial score (nSPS) is 16.9. The number of carbonyl (C=O) groups is 1. The average Bonchev–Trinajstić information content (AvgIpc) is 3.46. The molecule has 1 aliphatic carbocycles. The van der Waals surface area contributed by atoms with Gasteiger partial charge in [0.2, 0.25) is 0 Å². The Bertz CT molecular complexity index is 1440. The molecule has 2 heterocycles. The van der Waals surface area contributed by atoms with Crippen molar-refractivity contribution in [2.45, 2.75) is 69.9 Å². The van der Waals surface area contributed by atoms with Gasteiger partial charge in [0.05, 0.1) is 24.3 Å². The molecule has 8 nitrogen and oxygen atoms in total. The van der Waals surface area contributed by atoms with Gasteiger partial charge in [0, 0.05) is 36.8 Å². The fourth-order valence-electron chi connectivity index (χ4n) is 5.39. The van der Waals surface area contributed by atoms with E-state index in [0.29, 0.717) is 29.9 Å². The number of nitriles is 1. The number of fused-ring (bicyclic) bond motifs is 1. The topological polar surface area (TPSA) is 96.1 Å². The number of aromatic nitrogens is 3. The highest BCUT2D eigenvalue weighted by Crippen LogP contribution is 2.40. The van der Waals surface area contributed by atoms with Gasteiger partial charge >= 0.3 is 6.18 Å². The lowest BCUT2D eigenvalue weighted by Gasteiger charge is -2.39. The summed E-state index contributed by atoms with van der Waals surface area (Å²) in [7, 11) is 1.82. The van der Waals surface area contributed by atoms with Crippen molar-refractivity contribution in [2.24, 2.45) is 7.05 Å². The van der Waals surface area contributed by atoms with Crippen molar-refractivity contribution in [2.75, 3.05) is 11.5 Å². The molecule has 2 aromatic carbocycles. The third-order valence-corrected chi connectivity index (χ3v) is 7.87. The third-order valence-electron chi connectivity index (χ3n) is 7.87. The van der Waals surface area contributed by atoms with Gasteiger partial charge in [-0.3, -0.25) is 4.79 Å². The summed E-state index contributed by atoms with van der Waals surface area (Å²) in [5, 5.41) is 20.4. The number of ether oxygens (including phenoxy) is 1. The van der Waals surface area contributed by atoms with E-state index < -0.39 is 17.6 Å². The van der Waals surface area contributed by atoms with Gasteiger partial charge in [-0.25, -0.2) is 0 Å². The molecule has 210 valence electrons. The first kappa shape index (κ1) is 27.8. The summed E-state index contributed by atoms with van der Waals surface area (Å²) in [4.78, 5) is 14.9. The Morgan fingerprint density at radius 3 is 2.65 bits per heavy atom. The van der Waals surface area contributed by atoms with Crippen molar-refractivity contribution in [3.8, 4) is 6.07 Å². The van der Waals surface area contributed by atoms with Crippen LogP contribution < -0.4 is 10.2 Å². The van der Waals surface area contributed by atoms with Crippen molar-refractivity contribution in [3.05, 3.63) is 76.4 Å². The van der Waals surface area contributed by atoms with Gasteiger partial charge in [-0.1, -0.05) is 12.1 Å². The summed E-state index contributed by atoms with van der Waals surface area (Å²) in [6.45, 7) is 2.08. The molecule has 1 atom stereocenters. The van der Waals surface area contributed by atoms with Gasteiger partial charge in [0.15, 0.2) is 0 Å². The lowest BCUT2D eigenvalue weighted by Crippen LogP contribution is -2.47. The number of nitrogens with one attached hydrogen (secondary N) is 1. The molecule has 1 saturated carbocycles. The van der Waals surface area contributed by atoms with Crippen molar-refractivity contribution in [1.82, 2.24) is 20.1 Å². The highest BCUT2D eigenvalue weighted by molar-refractivity contribution is 6.10. The monoisotopic (exact) mass is 552 g/mol. The van der Waals surface area contributed by atoms with Crippen LogP contribution in [0.5, 0.6) is 0 Å². The first-order valence-corrected chi connectivity index (χ1v) is 13.3. The Morgan fingerprint density at radius 1 is 1.20 bits per heavy atom. The van der Waals surface area contributed by atoms with Crippen LogP contribution in [0, 0.1) is 11.3 Å². The van der Waals surface area contributed by atoms with E-state index in [4.69, 9.17) is 10.00 Å². The number of hydrogen-bond acceptors (Lipinski definition) is 6. The Hall–Kier alpha value is -3.75. The second-order valence-electron chi connectivity index (χ2n) is 10.9. The third kappa shape index (κ3) is 5.88. The molecule has 1 aromatic heterocycles. The first-order valence-electron chi connectivity index (χ1n) is 13.3. The van der Waals surface area contributed by atoms with Gasteiger partial charge in [0.25, 0.3) is 5.91 Å². The van der Waals surface area contributed by atoms with E-state index in [1.807, 2.05) is 19.2 Å². The molecule has 0 spiro atoms. The standard InChI is InChI=1S/C29H31F3N6O2/c1-28(7-4-8-28)34-16-20-13-23-24(25(14-20)29(30,31)32)17-38(27(23)39)21-6-3-5-19(11-21)12-22(40-10-9-33)15-26-36-35-18-37(26)2/h3,5-6,11,13-14,18,22,34H,4,7-8,10,12,15-17H2,1-2H3/t22-/m1/s1. The van der Waals surface area contributed by atoms with Crippen molar-refractivity contribution < 1.29 is 22.7 Å². The Labute approximate surface area is 230 Å². The highest BCUT2D eigenvalue weighted by Gasteiger charge is 2.41. The smallest absolute Gasteiger partial charge is 0.362 e. The molecule has 0 radical (unpaired) electrons. The Balaban J connectivity index is 1.38. The zero-order chi connectivity index (χ0) is 28.5. The van der Waals surface area contributed by atoms with E-state index >= 15 is 0 Å². The summed E-state index contributed by atoms with van der Waals surface area (Å²) in [5.41, 5.74) is 1.03. The average molecular weight is 553 g/mol. The predicted molar refractivity (Wildman–Crippen MR) is 141 cm³/mol. The number of halogens is 3. The van der Waals surface area contributed by atoms with E-state index in [1.165, 1.54) is 11.0 Å². The van der Waals surface area contributed by atoms with Gasteiger partial charge in [-0.05, 0) is 73.6 Å². The molecule has 3 aromatic rings. The lowest BCUT2D eigenvalue weighted by molar-refractivity contribution is -0.138. The number of alkyl halides is 3. The number of rotatable bonds is 10. The van der Waals surface area contributed by atoms with Crippen LogP contribution in [-0.2, 0) is 43.9 Å². The van der Waals surface area contributed by atoms with E-state index in [1.54, 1.807) is 35.2 Å². The number of benzene rings is 2. The second kappa shape index (κ2) is 11.0. The van der Waals surface area contributed by atoms with Crippen LogP contribution in [-0.4, -0.2) is 38.9 Å². The van der Waals surface area contributed by atoms with Crippen LogP contribution in [0.3, 0.4) is 0 Å². The molecule has 0 unspecified atom stereocenters. The van der Waals surface area contributed by atoms with Crippen LogP contribution in [0.4, 0.5) is 18.9 Å². The van der Waals surface area contributed by atoms with Crippen LogP contribution in [0.15, 0.2) is 42.7 Å². The van der Waals surface area contributed by atoms with Crippen LogP contribution in [0.2, 0.25) is 0 Å². The number of anilines is 1. The minimum atomic E-state index is -4.58. The lowest BCUT2D eigenvalue weighted by atomic mass is 9.78. The molecule has 1 fully saturated rings. The summed E-state index contributed by atoms with van der Waals surface area (Å²) in [5.74, 6) is 0.242. The zero-order valence-corrected chi connectivity index (χ0v) is 22.5. The molecule has 5 rings (SSSR count). The van der Waals surface area contributed by atoms with E-state index in [-0.39, 0.29) is 42.5 Å². The van der Waals surface area contributed by atoms with Gasteiger partial charge in [-0.2, -0.15) is 18.4 Å². The molecular weight excluding hydrogens is 521 g/mol. The maximum absolute atomic E-state index is 14.1. The molecule has 0 saturated heterocycles. The van der Waals surface area contributed by atoms with Gasteiger partial charge in [-0.15, -0.1) is 10.2 Å². The minimum Gasteiger partial charge on any atom is -0.362 e. The van der Waals surface area contributed by atoms with Crippen LogP contribution in [0.1, 0.15) is 64.6 Å². The summed E-state index contributed by atoms with van der Waals surface area (Å²) in [6, 6.07) is 11.9. The van der Waals surface area contributed by atoms with Crippen molar-refractivity contribution in [1.29, 1.82) is 5.26 Å². The number of aryl methyl sites for hydroxylation is 1. The second-order valence-corrected chi connectivity index (χ2v) is 10.9. The number of amides is 1. The quantitative estimate of drug-likeness (QED) is 0.391. The molecule has 1 N–H and O–H groups in total. The summed E-state index contributed by atoms with van der Waals surface area (Å²) < 4.78 is 49.9. The predicted octanol–water partition coefficient (Wildman–Crippen LogP) is 4.72. The maximum atomic E-state index is 14.1. The number of nitrogens with zero attached hydrogens (tertiary/aromatic N) is 5. The zero-order valence-electron chi connectivity index (χ0n) is 22.5. The minimum absolute atomic E-state index is 0.000906. The fraction of sp³-hybridized carbons (Fsp3) is 0.448. The number of carbonyl (C=O) groups excluding carboxylic acids is 1.